The van der Waals surface area contributed by atoms with E-state index in [1.165, 1.54) is 35.3 Å². The van der Waals surface area contributed by atoms with Crippen LogP contribution in [-0.2, 0) is 16.1 Å². The predicted octanol–water partition coefficient (Wildman–Crippen LogP) is 3.89. The first-order valence-corrected chi connectivity index (χ1v) is 8.69. The summed E-state index contributed by atoms with van der Waals surface area (Å²) in [4.78, 5) is 29.9. The molecule has 132 valence electrons. The van der Waals surface area contributed by atoms with Gasteiger partial charge in [-0.3, -0.25) is 9.69 Å². The molecule has 0 unspecified atom stereocenters. The quantitative estimate of drug-likeness (QED) is 0.691. The van der Waals surface area contributed by atoms with Crippen LogP contribution < -0.4 is 4.90 Å². The average molecular weight is 368 g/mol. The van der Waals surface area contributed by atoms with Crippen LogP contribution in [-0.4, -0.2) is 22.0 Å². The number of phenolic OH excluding ortho intramolecular Hbond substituents is 1. The van der Waals surface area contributed by atoms with Gasteiger partial charge in [-0.15, -0.1) is 11.3 Å². The van der Waals surface area contributed by atoms with Gasteiger partial charge in [0.1, 0.15) is 17.9 Å². The number of phenols is 1. The van der Waals surface area contributed by atoms with Crippen molar-refractivity contribution in [1.82, 2.24) is 4.98 Å². The van der Waals surface area contributed by atoms with Crippen molar-refractivity contribution in [1.29, 1.82) is 0 Å². The third kappa shape index (κ3) is 3.89. The number of nitrogens with zero attached hydrogens (tertiary/aromatic N) is 2. The summed E-state index contributed by atoms with van der Waals surface area (Å²) in [5.74, 6) is -0.935. The van der Waals surface area contributed by atoms with E-state index in [1.807, 2.05) is 30.3 Å². The summed E-state index contributed by atoms with van der Waals surface area (Å²) in [6.07, 6.45) is 0. The Hall–Kier alpha value is -3.19. The molecule has 0 aliphatic carbocycles. The highest BCUT2D eigenvalue weighted by molar-refractivity contribution is 7.14. The summed E-state index contributed by atoms with van der Waals surface area (Å²) in [5.41, 5.74) is 1.33. The number of ether oxygens (including phenoxy) is 1. The Labute approximate surface area is 154 Å². The number of esters is 1. The summed E-state index contributed by atoms with van der Waals surface area (Å²) in [5, 5.41) is 11.9. The smallest absolute Gasteiger partial charge is 0.342 e. The van der Waals surface area contributed by atoms with Gasteiger partial charge in [0.25, 0.3) is 0 Å². The SMILES string of the molecule is CC(=O)N(c1ccccc1)c1nc(COC(=O)c2ccccc2O)cs1. The lowest BCUT2D eigenvalue weighted by atomic mass is 10.2. The molecule has 0 atom stereocenters. The minimum atomic E-state index is -0.635. The highest BCUT2D eigenvalue weighted by Crippen LogP contribution is 2.29. The van der Waals surface area contributed by atoms with Crippen LogP contribution in [0.4, 0.5) is 10.8 Å². The molecular weight excluding hydrogens is 352 g/mol. The van der Waals surface area contributed by atoms with Crippen LogP contribution in [0.25, 0.3) is 0 Å². The topological polar surface area (TPSA) is 79.7 Å². The molecule has 26 heavy (non-hydrogen) atoms. The van der Waals surface area contributed by atoms with Crippen molar-refractivity contribution in [2.24, 2.45) is 0 Å². The van der Waals surface area contributed by atoms with E-state index < -0.39 is 5.97 Å². The van der Waals surface area contributed by atoms with E-state index in [0.717, 1.165) is 0 Å². The van der Waals surface area contributed by atoms with Crippen molar-refractivity contribution < 1.29 is 19.4 Å². The Bertz CT molecular complexity index is 924. The van der Waals surface area contributed by atoms with E-state index in [4.69, 9.17) is 4.74 Å². The van der Waals surface area contributed by atoms with Crippen molar-refractivity contribution >= 4 is 34.0 Å². The molecule has 0 bridgehead atoms. The van der Waals surface area contributed by atoms with Crippen molar-refractivity contribution in [2.75, 3.05) is 4.90 Å². The number of hydrogen-bond acceptors (Lipinski definition) is 6. The van der Waals surface area contributed by atoms with E-state index >= 15 is 0 Å². The number of anilines is 2. The molecule has 3 aromatic rings. The van der Waals surface area contributed by atoms with Gasteiger partial charge in [0, 0.05) is 12.3 Å². The van der Waals surface area contributed by atoms with Crippen LogP contribution in [0, 0.1) is 0 Å². The molecule has 0 saturated heterocycles. The largest absolute Gasteiger partial charge is 0.507 e. The molecule has 1 aromatic heterocycles. The Morgan fingerprint density at radius 1 is 1.12 bits per heavy atom. The Morgan fingerprint density at radius 2 is 1.81 bits per heavy atom. The zero-order valence-electron chi connectivity index (χ0n) is 14.0. The molecule has 7 heteroatoms. The third-order valence-electron chi connectivity index (χ3n) is 3.54. The number of aromatic nitrogens is 1. The van der Waals surface area contributed by atoms with E-state index in [0.29, 0.717) is 16.5 Å². The number of amides is 1. The van der Waals surface area contributed by atoms with Crippen LogP contribution in [0.5, 0.6) is 5.75 Å². The van der Waals surface area contributed by atoms with E-state index in [-0.39, 0.29) is 23.8 Å². The fraction of sp³-hybridized carbons (Fsp3) is 0.105. The summed E-state index contributed by atoms with van der Waals surface area (Å²) in [7, 11) is 0. The molecule has 1 amide bonds. The predicted molar refractivity (Wildman–Crippen MR) is 98.6 cm³/mol. The molecular formula is C19H16N2O4S. The summed E-state index contributed by atoms with van der Waals surface area (Å²) >= 11 is 1.28. The Balaban J connectivity index is 1.72. The molecule has 0 aliphatic heterocycles. The second-order valence-electron chi connectivity index (χ2n) is 5.40. The summed E-state index contributed by atoms with van der Waals surface area (Å²) in [6, 6.07) is 15.4. The first-order chi connectivity index (χ1) is 12.6. The molecule has 2 aromatic carbocycles. The molecule has 0 radical (unpaired) electrons. The normalized spacial score (nSPS) is 10.3. The maximum Gasteiger partial charge on any atom is 0.342 e. The van der Waals surface area contributed by atoms with Gasteiger partial charge in [-0.05, 0) is 24.3 Å². The van der Waals surface area contributed by atoms with Crippen LogP contribution in [0.3, 0.4) is 0 Å². The van der Waals surface area contributed by atoms with Crippen molar-refractivity contribution in [3.63, 3.8) is 0 Å². The molecule has 0 spiro atoms. The minimum absolute atomic E-state index is 0.0514. The van der Waals surface area contributed by atoms with Gasteiger partial charge in [-0.1, -0.05) is 30.3 Å². The zero-order valence-corrected chi connectivity index (χ0v) is 14.8. The van der Waals surface area contributed by atoms with Crippen LogP contribution in [0.2, 0.25) is 0 Å². The van der Waals surface area contributed by atoms with Gasteiger partial charge >= 0.3 is 5.97 Å². The van der Waals surface area contributed by atoms with Gasteiger partial charge in [0.05, 0.1) is 11.4 Å². The fourth-order valence-corrected chi connectivity index (χ4v) is 3.20. The molecule has 0 aliphatic rings. The molecule has 0 saturated carbocycles. The molecule has 6 nitrogen and oxygen atoms in total. The van der Waals surface area contributed by atoms with Crippen molar-refractivity contribution in [2.45, 2.75) is 13.5 Å². The maximum absolute atomic E-state index is 12.0. The first-order valence-electron chi connectivity index (χ1n) is 7.81. The summed E-state index contributed by atoms with van der Waals surface area (Å²) < 4.78 is 5.20. The average Bonchev–Trinajstić information content (AvgIpc) is 3.09. The maximum atomic E-state index is 12.0. The number of para-hydroxylation sites is 2. The second kappa shape index (κ2) is 7.79. The number of carbonyl (C=O) groups is 2. The number of benzene rings is 2. The van der Waals surface area contributed by atoms with E-state index in [1.54, 1.807) is 17.5 Å². The minimum Gasteiger partial charge on any atom is -0.507 e. The van der Waals surface area contributed by atoms with E-state index in [2.05, 4.69) is 4.98 Å². The first kappa shape index (κ1) is 17.6. The fourth-order valence-electron chi connectivity index (χ4n) is 2.33. The molecule has 1 N–H and O–H groups in total. The monoisotopic (exact) mass is 368 g/mol. The van der Waals surface area contributed by atoms with Gasteiger partial charge in [-0.2, -0.15) is 0 Å². The van der Waals surface area contributed by atoms with Gasteiger partial charge in [0.2, 0.25) is 5.91 Å². The molecule has 1 heterocycles. The van der Waals surface area contributed by atoms with Crippen LogP contribution >= 0.6 is 11.3 Å². The van der Waals surface area contributed by atoms with Crippen molar-refractivity contribution in [3.8, 4) is 5.75 Å². The number of carbonyl (C=O) groups excluding carboxylic acids is 2. The van der Waals surface area contributed by atoms with Crippen molar-refractivity contribution in [3.05, 3.63) is 71.2 Å². The highest BCUT2D eigenvalue weighted by Gasteiger charge is 2.18. The second-order valence-corrected chi connectivity index (χ2v) is 6.24. The third-order valence-corrected chi connectivity index (χ3v) is 4.41. The lowest BCUT2D eigenvalue weighted by Crippen LogP contribution is -2.22. The van der Waals surface area contributed by atoms with Gasteiger partial charge in [-0.25, -0.2) is 9.78 Å². The lowest BCUT2D eigenvalue weighted by molar-refractivity contribution is -0.115. The van der Waals surface area contributed by atoms with Gasteiger partial charge in [0.15, 0.2) is 5.13 Å². The highest BCUT2D eigenvalue weighted by atomic mass is 32.1. The standard InChI is InChI=1S/C19H16N2O4S/c1-13(22)21(15-7-3-2-4-8-15)19-20-14(12-26-19)11-25-18(24)16-9-5-6-10-17(16)23/h2-10,12,23H,11H2,1H3. The molecule has 0 fully saturated rings. The van der Waals surface area contributed by atoms with Gasteiger partial charge < -0.3 is 9.84 Å². The number of rotatable bonds is 5. The van der Waals surface area contributed by atoms with Crippen LogP contribution in [0.1, 0.15) is 23.0 Å². The lowest BCUT2D eigenvalue weighted by Gasteiger charge is -2.17. The van der Waals surface area contributed by atoms with E-state index in [9.17, 15) is 14.7 Å². The number of thiazole rings is 1. The summed E-state index contributed by atoms with van der Waals surface area (Å²) in [6.45, 7) is 1.41. The number of hydrogen-bond donors (Lipinski definition) is 1. The Morgan fingerprint density at radius 3 is 2.50 bits per heavy atom. The molecule has 3 rings (SSSR count). The Kier molecular flexibility index (Phi) is 5.28. The zero-order chi connectivity index (χ0) is 18.5. The number of aromatic hydroxyl groups is 1. The van der Waals surface area contributed by atoms with Crippen LogP contribution in [0.15, 0.2) is 60.0 Å².